The van der Waals surface area contributed by atoms with Crippen LogP contribution in [0.25, 0.3) is 0 Å². The van der Waals surface area contributed by atoms with Crippen molar-refractivity contribution < 1.29 is 9.84 Å². The van der Waals surface area contributed by atoms with Gasteiger partial charge in [-0.25, -0.2) is 0 Å². The third-order valence-electron chi connectivity index (χ3n) is 7.63. The maximum absolute atomic E-state index is 9.50. The molecule has 7 heteroatoms. The molecule has 2 aromatic heterocycles. The molecule has 0 aromatic carbocycles. The van der Waals surface area contributed by atoms with Crippen molar-refractivity contribution in [3.05, 3.63) is 33.3 Å². The third kappa shape index (κ3) is 6.24. The minimum atomic E-state index is 0.243. The number of piperidine rings is 1. The highest BCUT2D eigenvalue weighted by atomic mass is 32.1. The van der Waals surface area contributed by atoms with Crippen LogP contribution in [0, 0.1) is 11.3 Å². The third-order valence-corrected chi connectivity index (χ3v) is 8.98. The molecule has 4 heterocycles. The van der Waals surface area contributed by atoms with Gasteiger partial charge in [0.1, 0.15) is 0 Å². The molecule has 33 heavy (non-hydrogen) atoms. The van der Waals surface area contributed by atoms with Gasteiger partial charge in [0.15, 0.2) is 0 Å². The molecule has 2 aliphatic rings. The number of hydrogen-bond acceptors (Lipinski definition) is 6. The summed E-state index contributed by atoms with van der Waals surface area (Å²) in [5.41, 5.74) is 2.97. The van der Waals surface area contributed by atoms with Crippen molar-refractivity contribution in [2.24, 2.45) is 11.3 Å². The normalized spacial score (nSPS) is 24.0. The molecule has 2 unspecified atom stereocenters. The lowest BCUT2D eigenvalue weighted by atomic mass is 9.81. The quantitative estimate of drug-likeness (QED) is 0.513. The van der Waals surface area contributed by atoms with Crippen LogP contribution in [0.3, 0.4) is 0 Å². The van der Waals surface area contributed by atoms with Crippen LogP contribution in [-0.2, 0) is 30.7 Å². The Labute approximate surface area is 203 Å². The smallest absolute Gasteiger partial charge is 0.0967 e. The van der Waals surface area contributed by atoms with Gasteiger partial charge in [0, 0.05) is 53.5 Å². The standard InChI is InChI=1S/C26H42N4O2S/c1-5-23-13-24(25(33-23)8-11-31)21-7-10-29(20(3)12-21)15-22-16-30(28-27-22)14-19(2)6-9-26(4)17-32-18-26/h13,16,19-21,31H,5-12,14-15,17-18H2,1-4H3/t19?,20-,21?/m0/s1. The van der Waals surface area contributed by atoms with Gasteiger partial charge in [0.05, 0.1) is 18.9 Å². The van der Waals surface area contributed by atoms with Crippen LogP contribution < -0.4 is 0 Å². The highest BCUT2D eigenvalue weighted by Gasteiger charge is 2.33. The van der Waals surface area contributed by atoms with E-state index in [2.05, 4.69) is 55.2 Å². The van der Waals surface area contributed by atoms with Crippen LogP contribution in [0.4, 0.5) is 0 Å². The Kier molecular flexibility index (Phi) is 8.26. The Morgan fingerprint density at radius 3 is 2.85 bits per heavy atom. The number of rotatable bonds is 11. The Bertz CT molecular complexity index is 891. The van der Waals surface area contributed by atoms with Crippen molar-refractivity contribution in [2.45, 2.75) is 91.3 Å². The van der Waals surface area contributed by atoms with Crippen LogP contribution in [0.5, 0.6) is 0 Å². The molecule has 0 spiro atoms. The average Bonchev–Trinajstić information content (AvgIpc) is 3.39. The summed E-state index contributed by atoms with van der Waals surface area (Å²) in [6, 6.07) is 2.93. The monoisotopic (exact) mass is 474 g/mol. The lowest BCUT2D eigenvalue weighted by molar-refractivity contribution is -0.108. The van der Waals surface area contributed by atoms with Gasteiger partial charge in [-0.05, 0) is 69.0 Å². The first-order valence-corrected chi connectivity index (χ1v) is 13.6. The molecule has 0 saturated carbocycles. The molecule has 184 valence electrons. The number of aryl methyl sites for hydroxylation is 1. The minimum Gasteiger partial charge on any atom is -0.396 e. The summed E-state index contributed by atoms with van der Waals surface area (Å²) in [7, 11) is 0. The van der Waals surface area contributed by atoms with Crippen molar-refractivity contribution in [1.82, 2.24) is 19.9 Å². The number of nitrogens with zero attached hydrogens (tertiary/aromatic N) is 4. The predicted molar refractivity (Wildman–Crippen MR) is 134 cm³/mol. The Balaban J connectivity index is 1.28. The van der Waals surface area contributed by atoms with Gasteiger partial charge in [-0.1, -0.05) is 26.0 Å². The summed E-state index contributed by atoms with van der Waals surface area (Å²) >= 11 is 1.90. The molecule has 0 bridgehead atoms. The number of thiophene rings is 1. The van der Waals surface area contributed by atoms with Crippen molar-refractivity contribution >= 4 is 11.3 Å². The number of aromatic nitrogens is 3. The fourth-order valence-electron chi connectivity index (χ4n) is 5.36. The van der Waals surface area contributed by atoms with Crippen LogP contribution in [0.1, 0.15) is 80.3 Å². The summed E-state index contributed by atoms with van der Waals surface area (Å²) in [6.45, 7) is 14.2. The second kappa shape index (κ2) is 11.0. The van der Waals surface area contributed by atoms with Crippen LogP contribution in [0.2, 0.25) is 0 Å². The molecule has 6 nitrogen and oxygen atoms in total. The van der Waals surface area contributed by atoms with Gasteiger partial charge < -0.3 is 9.84 Å². The van der Waals surface area contributed by atoms with E-state index in [1.54, 1.807) is 0 Å². The lowest BCUT2D eigenvalue weighted by Gasteiger charge is -2.38. The molecule has 4 rings (SSSR count). The topological polar surface area (TPSA) is 63.4 Å². The van der Waals surface area contributed by atoms with Crippen molar-refractivity contribution in [2.75, 3.05) is 26.4 Å². The summed E-state index contributed by atoms with van der Waals surface area (Å²) in [4.78, 5) is 5.41. The van der Waals surface area contributed by atoms with Crippen molar-refractivity contribution in [3.8, 4) is 0 Å². The molecule has 0 radical (unpaired) electrons. The fourth-order valence-corrected chi connectivity index (χ4v) is 6.55. The molecular formula is C26H42N4O2S. The first-order valence-electron chi connectivity index (χ1n) is 12.8. The molecule has 0 amide bonds. The second-order valence-corrected chi connectivity index (χ2v) is 12.1. The summed E-state index contributed by atoms with van der Waals surface area (Å²) in [6.07, 6.45) is 8.81. The van der Waals surface area contributed by atoms with E-state index < -0.39 is 0 Å². The van der Waals surface area contributed by atoms with E-state index in [1.165, 1.54) is 41.0 Å². The molecule has 2 fully saturated rings. The first kappa shape index (κ1) is 24.8. The van der Waals surface area contributed by atoms with E-state index in [0.717, 1.165) is 51.4 Å². The summed E-state index contributed by atoms with van der Waals surface area (Å²) in [5.74, 6) is 1.20. The number of hydrogen-bond donors (Lipinski definition) is 1. The first-order chi connectivity index (χ1) is 15.9. The zero-order valence-corrected chi connectivity index (χ0v) is 21.7. The maximum atomic E-state index is 9.50. The zero-order chi connectivity index (χ0) is 23.4. The van der Waals surface area contributed by atoms with Crippen LogP contribution in [-0.4, -0.2) is 57.4 Å². The van der Waals surface area contributed by atoms with Gasteiger partial charge in [0.25, 0.3) is 0 Å². The van der Waals surface area contributed by atoms with Crippen LogP contribution in [0.15, 0.2) is 12.3 Å². The highest BCUT2D eigenvalue weighted by molar-refractivity contribution is 7.12. The molecular weight excluding hydrogens is 432 g/mol. The average molecular weight is 475 g/mol. The highest BCUT2D eigenvalue weighted by Crippen LogP contribution is 2.38. The number of ether oxygens (including phenoxy) is 1. The van der Waals surface area contributed by atoms with E-state index in [0.29, 0.717) is 23.3 Å². The Morgan fingerprint density at radius 1 is 1.36 bits per heavy atom. The second-order valence-electron chi connectivity index (χ2n) is 10.8. The van der Waals surface area contributed by atoms with Crippen LogP contribution >= 0.6 is 11.3 Å². The van der Waals surface area contributed by atoms with E-state index in [1.807, 2.05) is 16.0 Å². The molecule has 2 saturated heterocycles. The van der Waals surface area contributed by atoms with Gasteiger partial charge in [-0.15, -0.1) is 16.4 Å². The van der Waals surface area contributed by atoms with Crippen molar-refractivity contribution in [1.29, 1.82) is 0 Å². The van der Waals surface area contributed by atoms with E-state index in [-0.39, 0.29) is 6.61 Å². The van der Waals surface area contributed by atoms with Gasteiger partial charge >= 0.3 is 0 Å². The molecule has 3 atom stereocenters. The molecule has 1 N–H and O–H groups in total. The van der Waals surface area contributed by atoms with Gasteiger partial charge in [-0.3, -0.25) is 9.58 Å². The fraction of sp³-hybridized carbons (Fsp3) is 0.769. The number of aliphatic hydroxyl groups excluding tert-OH is 1. The largest absolute Gasteiger partial charge is 0.396 e. The number of likely N-dealkylation sites (tertiary alicyclic amines) is 1. The Morgan fingerprint density at radius 2 is 2.18 bits per heavy atom. The van der Waals surface area contributed by atoms with Gasteiger partial charge in [-0.2, -0.15) is 0 Å². The van der Waals surface area contributed by atoms with Crippen molar-refractivity contribution in [3.63, 3.8) is 0 Å². The van der Waals surface area contributed by atoms with E-state index in [9.17, 15) is 5.11 Å². The van der Waals surface area contributed by atoms with E-state index in [4.69, 9.17) is 4.74 Å². The summed E-state index contributed by atoms with van der Waals surface area (Å²) in [5, 5.41) is 18.4. The minimum absolute atomic E-state index is 0.243. The molecule has 0 aliphatic carbocycles. The predicted octanol–water partition coefficient (Wildman–Crippen LogP) is 4.66. The molecule has 2 aromatic rings. The van der Waals surface area contributed by atoms with E-state index >= 15 is 0 Å². The maximum Gasteiger partial charge on any atom is 0.0967 e. The van der Waals surface area contributed by atoms with Gasteiger partial charge in [0.2, 0.25) is 0 Å². The number of aliphatic hydroxyl groups is 1. The Hall–Kier alpha value is -1.28. The SMILES string of the molecule is CCc1cc(C2CCN(Cc3cn(CC(C)CCC4(C)COC4)nn3)[C@@H](C)C2)c(CCO)s1. The molecule has 2 aliphatic heterocycles. The lowest BCUT2D eigenvalue weighted by Crippen LogP contribution is -2.39. The summed E-state index contributed by atoms with van der Waals surface area (Å²) < 4.78 is 7.42. The zero-order valence-electron chi connectivity index (χ0n) is 20.9.